The van der Waals surface area contributed by atoms with Crippen molar-refractivity contribution in [2.75, 3.05) is 18.4 Å². The highest BCUT2D eigenvalue weighted by atomic mass is 16.3. The Morgan fingerprint density at radius 2 is 1.90 bits per heavy atom. The molecule has 4 rings (SSSR count). The average Bonchev–Trinajstić information content (AvgIpc) is 3.14. The Labute approximate surface area is 180 Å². The van der Waals surface area contributed by atoms with Gasteiger partial charge in [0.2, 0.25) is 5.95 Å². The van der Waals surface area contributed by atoms with Gasteiger partial charge in [-0.15, -0.1) is 5.10 Å². The van der Waals surface area contributed by atoms with E-state index < -0.39 is 0 Å². The van der Waals surface area contributed by atoms with Crippen LogP contribution in [0.4, 0.5) is 5.95 Å². The van der Waals surface area contributed by atoms with Crippen molar-refractivity contribution < 1.29 is 5.11 Å². The Balaban J connectivity index is 1.61. The summed E-state index contributed by atoms with van der Waals surface area (Å²) in [5.41, 5.74) is 3.90. The monoisotopic (exact) mass is 413 g/mol. The maximum absolute atomic E-state index is 9.98. The van der Waals surface area contributed by atoms with Crippen molar-refractivity contribution >= 4 is 11.5 Å². The predicted molar refractivity (Wildman–Crippen MR) is 122 cm³/mol. The summed E-state index contributed by atoms with van der Waals surface area (Å²) in [4.78, 5) is 4.70. The molecule has 0 aromatic carbocycles. The molecule has 6 heteroatoms. The second-order valence-electron chi connectivity index (χ2n) is 9.47. The van der Waals surface area contributed by atoms with Crippen LogP contribution in [0, 0.1) is 0 Å². The lowest BCUT2D eigenvalue weighted by atomic mass is 9.84. The van der Waals surface area contributed by atoms with Gasteiger partial charge in [-0.2, -0.15) is 0 Å². The molecule has 2 aromatic heterocycles. The van der Waals surface area contributed by atoms with Gasteiger partial charge in [-0.1, -0.05) is 26.2 Å². The van der Waals surface area contributed by atoms with E-state index in [4.69, 9.17) is 10.1 Å². The van der Waals surface area contributed by atoms with E-state index in [0.717, 1.165) is 51.1 Å². The van der Waals surface area contributed by atoms with Crippen LogP contribution in [0.2, 0.25) is 0 Å². The van der Waals surface area contributed by atoms with Crippen molar-refractivity contribution in [2.24, 2.45) is 0 Å². The highest BCUT2D eigenvalue weighted by molar-refractivity contribution is 5.58. The standard InChI is InChI=1S/C24H39N5O/c1-3-4-5-6-17(2)27-24-26-16-23-21(18-11-13-25-14-12-18)15-22(29(23)28-24)19-7-9-20(30)10-8-19/h15-20,25,30H,3-14H2,1-2H3,(H,27,28)/t17-,19?,20?/m0/s1. The molecule has 30 heavy (non-hydrogen) atoms. The van der Waals surface area contributed by atoms with Crippen molar-refractivity contribution in [1.82, 2.24) is 19.9 Å². The first-order chi connectivity index (χ1) is 14.7. The van der Waals surface area contributed by atoms with Gasteiger partial charge in [0.25, 0.3) is 0 Å². The first-order valence-electron chi connectivity index (χ1n) is 12.2. The number of fused-ring (bicyclic) bond motifs is 1. The van der Waals surface area contributed by atoms with Gasteiger partial charge in [-0.3, -0.25) is 0 Å². The second-order valence-corrected chi connectivity index (χ2v) is 9.47. The van der Waals surface area contributed by atoms with Gasteiger partial charge >= 0.3 is 0 Å². The minimum Gasteiger partial charge on any atom is -0.393 e. The predicted octanol–water partition coefficient (Wildman–Crippen LogP) is 4.60. The van der Waals surface area contributed by atoms with Crippen molar-refractivity contribution in [3.05, 3.63) is 23.5 Å². The zero-order valence-corrected chi connectivity index (χ0v) is 18.7. The second kappa shape index (κ2) is 10.1. The fourth-order valence-corrected chi connectivity index (χ4v) is 5.22. The van der Waals surface area contributed by atoms with Crippen LogP contribution < -0.4 is 10.6 Å². The van der Waals surface area contributed by atoms with Gasteiger partial charge in [0, 0.05) is 17.7 Å². The number of piperidine rings is 1. The van der Waals surface area contributed by atoms with Crippen molar-refractivity contribution in [1.29, 1.82) is 0 Å². The van der Waals surface area contributed by atoms with E-state index in [2.05, 4.69) is 35.1 Å². The number of aliphatic hydroxyl groups is 1. The number of nitrogens with zero attached hydrogens (tertiary/aromatic N) is 3. The molecule has 1 atom stereocenters. The lowest BCUT2D eigenvalue weighted by Crippen LogP contribution is -2.26. The third kappa shape index (κ3) is 4.97. The molecule has 1 aliphatic heterocycles. The van der Waals surface area contributed by atoms with E-state index in [9.17, 15) is 5.11 Å². The summed E-state index contributed by atoms with van der Waals surface area (Å²) in [5, 5.41) is 22.0. The molecule has 166 valence electrons. The molecule has 2 fully saturated rings. The Hall–Kier alpha value is -1.66. The lowest BCUT2D eigenvalue weighted by molar-refractivity contribution is 0.121. The van der Waals surface area contributed by atoms with Crippen LogP contribution in [0.1, 0.15) is 101 Å². The van der Waals surface area contributed by atoms with Crippen LogP contribution in [0.3, 0.4) is 0 Å². The molecule has 0 amide bonds. The minimum absolute atomic E-state index is 0.132. The lowest BCUT2D eigenvalue weighted by Gasteiger charge is -2.25. The number of aromatic nitrogens is 3. The summed E-state index contributed by atoms with van der Waals surface area (Å²) in [6.45, 7) is 6.64. The molecule has 1 saturated carbocycles. The number of hydrogen-bond acceptors (Lipinski definition) is 5. The van der Waals surface area contributed by atoms with Gasteiger partial charge < -0.3 is 15.7 Å². The molecule has 0 radical (unpaired) electrons. The average molecular weight is 414 g/mol. The maximum Gasteiger partial charge on any atom is 0.241 e. The molecule has 0 bridgehead atoms. The van der Waals surface area contributed by atoms with Gasteiger partial charge in [0.15, 0.2) is 0 Å². The molecule has 3 N–H and O–H groups in total. The molecular weight excluding hydrogens is 374 g/mol. The molecule has 1 saturated heterocycles. The first-order valence-corrected chi connectivity index (χ1v) is 12.2. The van der Waals surface area contributed by atoms with E-state index in [1.807, 2.05) is 6.20 Å². The van der Waals surface area contributed by atoms with Crippen molar-refractivity contribution in [3.8, 4) is 0 Å². The third-order valence-electron chi connectivity index (χ3n) is 7.09. The van der Waals surface area contributed by atoms with E-state index >= 15 is 0 Å². The normalized spacial score (nSPS) is 24.2. The van der Waals surface area contributed by atoms with Crippen LogP contribution in [-0.4, -0.2) is 44.9 Å². The molecule has 6 nitrogen and oxygen atoms in total. The highest BCUT2D eigenvalue weighted by Gasteiger charge is 2.27. The van der Waals surface area contributed by atoms with Gasteiger partial charge in [0.1, 0.15) is 0 Å². The van der Waals surface area contributed by atoms with Gasteiger partial charge in [0.05, 0.1) is 17.8 Å². The molecular formula is C24H39N5O. The number of anilines is 1. The summed E-state index contributed by atoms with van der Waals surface area (Å²) in [6.07, 6.45) is 13.0. The van der Waals surface area contributed by atoms with Crippen molar-refractivity contribution in [2.45, 2.75) is 102 Å². The van der Waals surface area contributed by atoms with E-state index in [1.165, 1.54) is 48.9 Å². The van der Waals surface area contributed by atoms with Crippen LogP contribution in [0.15, 0.2) is 12.3 Å². The van der Waals surface area contributed by atoms with Crippen LogP contribution >= 0.6 is 0 Å². The molecule has 2 aliphatic rings. The number of rotatable bonds is 8. The van der Waals surface area contributed by atoms with Crippen LogP contribution in [0.25, 0.3) is 5.52 Å². The summed E-state index contributed by atoms with van der Waals surface area (Å²) < 4.78 is 2.17. The van der Waals surface area contributed by atoms with Crippen LogP contribution in [-0.2, 0) is 0 Å². The zero-order chi connectivity index (χ0) is 20.9. The Bertz CT molecular complexity index is 805. The Morgan fingerprint density at radius 3 is 2.63 bits per heavy atom. The zero-order valence-electron chi connectivity index (χ0n) is 18.7. The van der Waals surface area contributed by atoms with E-state index in [1.54, 1.807) is 0 Å². The Morgan fingerprint density at radius 1 is 1.13 bits per heavy atom. The fraction of sp³-hybridized carbons (Fsp3) is 0.750. The number of hydrogen-bond donors (Lipinski definition) is 3. The highest BCUT2D eigenvalue weighted by Crippen LogP contribution is 2.38. The SMILES string of the molecule is CCCCC[C@H](C)Nc1ncc2c(C3CCNCC3)cc(C3CCC(O)CC3)n2n1. The molecule has 0 spiro atoms. The van der Waals surface area contributed by atoms with Crippen molar-refractivity contribution in [3.63, 3.8) is 0 Å². The van der Waals surface area contributed by atoms with E-state index in [-0.39, 0.29) is 6.10 Å². The number of unbranched alkanes of at least 4 members (excludes halogenated alkanes) is 2. The maximum atomic E-state index is 9.98. The van der Waals surface area contributed by atoms with E-state index in [0.29, 0.717) is 17.9 Å². The summed E-state index contributed by atoms with van der Waals surface area (Å²) in [5.74, 6) is 1.79. The molecule has 2 aromatic rings. The van der Waals surface area contributed by atoms with Crippen LogP contribution in [0.5, 0.6) is 0 Å². The quantitative estimate of drug-likeness (QED) is 0.552. The number of aliphatic hydroxyl groups excluding tert-OH is 1. The first kappa shape index (κ1) is 21.6. The smallest absolute Gasteiger partial charge is 0.241 e. The molecule has 3 heterocycles. The largest absolute Gasteiger partial charge is 0.393 e. The number of nitrogens with one attached hydrogen (secondary N) is 2. The molecule has 0 unspecified atom stereocenters. The topological polar surface area (TPSA) is 74.5 Å². The van der Waals surface area contributed by atoms with Gasteiger partial charge in [-0.05, 0) is 82.5 Å². The third-order valence-corrected chi connectivity index (χ3v) is 7.09. The Kier molecular flexibility index (Phi) is 7.26. The summed E-state index contributed by atoms with van der Waals surface area (Å²) >= 11 is 0. The molecule has 1 aliphatic carbocycles. The minimum atomic E-state index is -0.132. The summed E-state index contributed by atoms with van der Waals surface area (Å²) in [6, 6.07) is 2.79. The summed E-state index contributed by atoms with van der Waals surface area (Å²) in [7, 11) is 0. The fourth-order valence-electron chi connectivity index (χ4n) is 5.22. The van der Waals surface area contributed by atoms with Gasteiger partial charge in [-0.25, -0.2) is 9.50 Å².